The Morgan fingerprint density at radius 2 is 2.16 bits per heavy atom. The Hall–Kier alpha value is -2.98. The summed E-state index contributed by atoms with van der Waals surface area (Å²) in [4.78, 5) is 31.8. The summed E-state index contributed by atoms with van der Waals surface area (Å²) < 4.78 is 20.0. The molecule has 1 aromatic heterocycles. The van der Waals surface area contributed by atoms with Gasteiger partial charge >= 0.3 is 5.97 Å². The molecule has 8 nitrogen and oxygen atoms in total. The monoisotopic (exact) mass is 444 g/mol. The fraction of sp³-hybridized carbons (Fsp3) is 0.333. The molecule has 0 aliphatic carbocycles. The van der Waals surface area contributed by atoms with Gasteiger partial charge in [0.05, 0.1) is 18.1 Å². The molecule has 2 aromatic rings. The van der Waals surface area contributed by atoms with Crippen molar-refractivity contribution in [3.05, 3.63) is 53.3 Å². The lowest BCUT2D eigenvalue weighted by molar-refractivity contribution is -0.162. The van der Waals surface area contributed by atoms with Gasteiger partial charge < -0.3 is 14.7 Å². The van der Waals surface area contributed by atoms with E-state index in [1.54, 1.807) is 30.8 Å². The lowest BCUT2D eigenvalue weighted by atomic mass is 9.83. The minimum atomic E-state index is -0.816. The number of rotatable bonds is 7. The predicted molar refractivity (Wildman–Crippen MR) is 111 cm³/mol. The molecule has 2 aliphatic rings. The van der Waals surface area contributed by atoms with Crippen LogP contribution in [-0.2, 0) is 21.4 Å². The van der Waals surface area contributed by atoms with E-state index in [1.807, 2.05) is 0 Å². The number of aliphatic hydroxyl groups is 1. The van der Waals surface area contributed by atoms with Crippen LogP contribution in [-0.4, -0.2) is 55.4 Å². The van der Waals surface area contributed by atoms with Crippen LogP contribution in [0.1, 0.15) is 13.3 Å². The largest absolute Gasteiger partial charge is 0.457 e. The zero-order valence-electron chi connectivity index (χ0n) is 17.0. The van der Waals surface area contributed by atoms with Gasteiger partial charge in [-0.1, -0.05) is 24.4 Å². The normalized spacial score (nSPS) is 21.0. The van der Waals surface area contributed by atoms with E-state index in [1.165, 1.54) is 34.9 Å². The van der Waals surface area contributed by atoms with E-state index in [0.717, 1.165) is 0 Å². The zero-order chi connectivity index (χ0) is 22.3. The fourth-order valence-electron chi connectivity index (χ4n) is 3.81. The van der Waals surface area contributed by atoms with Crippen LogP contribution < -0.4 is 0 Å². The SMILES string of the molecule is C=CCOC(=O)C1=C(Sc2nc(-c3ccc(F)cc3)nn2C)C[C@@H]2[C@@H]([C@@H](C)O)C(=O)N12. The fourth-order valence-corrected chi connectivity index (χ4v) is 4.86. The highest BCUT2D eigenvalue weighted by Gasteiger charge is 2.57. The molecule has 0 unspecified atom stereocenters. The topological polar surface area (TPSA) is 97.5 Å². The van der Waals surface area contributed by atoms with Crippen LogP contribution in [0.25, 0.3) is 11.4 Å². The van der Waals surface area contributed by atoms with Crippen LogP contribution >= 0.6 is 11.8 Å². The van der Waals surface area contributed by atoms with E-state index in [-0.39, 0.29) is 30.1 Å². The molecule has 0 saturated carbocycles. The Morgan fingerprint density at radius 1 is 1.45 bits per heavy atom. The average molecular weight is 444 g/mol. The third-order valence-corrected chi connectivity index (χ3v) is 6.40. The van der Waals surface area contributed by atoms with Gasteiger partial charge in [0.1, 0.15) is 18.1 Å². The number of benzene rings is 1. The molecular formula is C21H21FN4O4S. The summed E-state index contributed by atoms with van der Waals surface area (Å²) in [7, 11) is 1.71. The number of halogens is 1. The highest BCUT2D eigenvalue weighted by molar-refractivity contribution is 8.03. The Bertz CT molecular complexity index is 1080. The molecule has 0 radical (unpaired) electrons. The lowest BCUT2D eigenvalue weighted by Gasteiger charge is -2.44. The van der Waals surface area contributed by atoms with E-state index < -0.39 is 18.0 Å². The molecule has 3 heterocycles. The van der Waals surface area contributed by atoms with E-state index in [0.29, 0.717) is 27.9 Å². The van der Waals surface area contributed by atoms with Gasteiger partial charge in [0.2, 0.25) is 5.91 Å². The van der Waals surface area contributed by atoms with Crippen LogP contribution in [0.15, 0.2) is 52.7 Å². The summed E-state index contributed by atoms with van der Waals surface area (Å²) in [6.07, 6.45) is 1.04. The Kier molecular flexibility index (Phi) is 5.67. The third-order valence-electron chi connectivity index (χ3n) is 5.25. The molecule has 1 fully saturated rings. The summed E-state index contributed by atoms with van der Waals surface area (Å²) in [6, 6.07) is 5.54. The number of aromatic nitrogens is 3. The maximum Gasteiger partial charge on any atom is 0.356 e. The number of hydrogen-bond donors (Lipinski definition) is 1. The van der Waals surface area contributed by atoms with Crippen LogP contribution in [0.5, 0.6) is 0 Å². The molecule has 1 aromatic carbocycles. The molecule has 1 saturated heterocycles. The van der Waals surface area contributed by atoms with Gasteiger partial charge in [0.25, 0.3) is 0 Å². The van der Waals surface area contributed by atoms with Gasteiger partial charge in [0, 0.05) is 23.9 Å². The minimum absolute atomic E-state index is 0.0193. The van der Waals surface area contributed by atoms with Crippen molar-refractivity contribution >= 4 is 23.6 Å². The van der Waals surface area contributed by atoms with E-state index in [2.05, 4.69) is 16.7 Å². The number of nitrogens with zero attached hydrogens (tertiary/aromatic N) is 4. The van der Waals surface area contributed by atoms with Crippen molar-refractivity contribution in [2.75, 3.05) is 6.61 Å². The van der Waals surface area contributed by atoms with E-state index >= 15 is 0 Å². The molecule has 0 bridgehead atoms. The van der Waals surface area contributed by atoms with Gasteiger partial charge in [-0.15, -0.1) is 0 Å². The van der Waals surface area contributed by atoms with Gasteiger partial charge in [-0.2, -0.15) is 5.10 Å². The van der Waals surface area contributed by atoms with Gasteiger partial charge in [0.15, 0.2) is 11.0 Å². The van der Waals surface area contributed by atoms with Crippen LogP contribution in [0.3, 0.4) is 0 Å². The number of ether oxygens (including phenoxy) is 1. The smallest absolute Gasteiger partial charge is 0.356 e. The number of aryl methyl sites for hydroxylation is 1. The number of esters is 1. The molecule has 3 atom stereocenters. The second-order valence-electron chi connectivity index (χ2n) is 7.36. The maximum atomic E-state index is 13.2. The number of carbonyl (C=O) groups is 2. The summed E-state index contributed by atoms with van der Waals surface area (Å²) >= 11 is 1.22. The number of carbonyl (C=O) groups excluding carboxylic acids is 2. The summed E-state index contributed by atoms with van der Waals surface area (Å²) in [5.41, 5.74) is 0.827. The van der Waals surface area contributed by atoms with Crippen LogP contribution in [0.4, 0.5) is 4.39 Å². The van der Waals surface area contributed by atoms with Crippen molar-refractivity contribution in [2.24, 2.45) is 13.0 Å². The molecule has 162 valence electrons. The van der Waals surface area contributed by atoms with Crippen molar-refractivity contribution in [3.63, 3.8) is 0 Å². The van der Waals surface area contributed by atoms with Gasteiger partial charge in [-0.05, 0) is 31.2 Å². The maximum absolute atomic E-state index is 13.2. The van der Waals surface area contributed by atoms with Crippen molar-refractivity contribution in [3.8, 4) is 11.4 Å². The highest BCUT2D eigenvalue weighted by atomic mass is 32.2. The standard InChI is InChI=1S/C21H21FN4O4S/c1-4-9-30-20(29)17-15(10-14-16(11(2)27)19(28)26(14)17)31-21-23-18(24-25(21)3)12-5-7-13(22)8-6-12/h4-8,11,14,16,27H,1,9-10H2,2-3H3/t11-,14-,16-/m1/s1. The molecule has 2 aliphatic heterocycles. The first-order valence-corrected chi connectivity index (χ1v) is 10.5. The Morgan fingerprint density at radius 3 is 2.81 bits per heavy atom. The second kappa shape index (κ2) is 8.27. The van der Waals surface area contributed by atoms with Gasteiger partial charge in [-0.25, -0.2) is 18.9 Å². The van der Waals surface area contributed by atoms with Crippen molar-refractivity contribution in [2.45, 2.75) is 30.6 Å². The molecule has 31 heavy (non-hydrogen) atoms. The van der Waals surface area contributed by atoms with Crippen molar-refractivity contribution < 1.29 is 23.8 Å². The quantitative estimate of drug-likeness (QED) is 0.397. The number of fused-ring (bicyclic) bond motifs is 1. The molecule has 1 amide bonds. The van der Waals surface area contributed by atoms with Gasteiger partial charge in [-0.3, -0.25) is 4.79 Å². The third kappa shape index (κ3) is 3.77. The number of hydrogen-bond acceptors (Lipinski definition) is 7. The summed E-state index contributed by atoms with van der Waals surface area (Å²) in [5, 5.41) is 14.8. The first-order chi connectivity index (χ1) is 14.8. The van der Waals surface area contributed by atoms with E-state index in [9.17, 15) is 19.1 Å². The molecule has 10 heteroatoms. The lowest BCUT2D eigenvalue weighted by Crippen LogP contribution is -2.61. The summed E-state index contributed by atoms with van der Waals surface area (Å²) in [6.45, 7) is 5.12. The Labute approximate surface area is 182 Å². The number of aliphatic hydroxyl groups excluding tert-OH is 1. The molecule has 0 spiro atoms. The van der Waals surface area contributed by atoms with Crippen LogP contribution in [0, 0.1) is 11.7 Å². The summed E-state index contributed by atoms with van der Waals surface area (Å²) in [5.74, 6) is -1.42. The second-order valence-corrected chi connectivity index (χ2v) is 8.42. The average Bonchev–Trinajstić information content (AvgIpc) is 3.24. The molecular weight excluding hydrogens is 423 g/mol. The first-order valence-electron chi connectivity index (χ1n) is 9.69. The number of amides is 1. The number of thioether (sulfide) groups is 1. The molecule has 1 N–H and O–H groups in total. The van der Waals surface area contributed by atoms with Crippen molar-refractivity contribution in [1.29, 1.82) is 0 Å². The number of β-lactam (4-membered cyclic amide) rings is 1. The van der Waals surface area contributed by atoms with Crippen LogP contribution in [0.2, 0.25) is 0 Å². The zero-order valence-corrected chi connectivity index (χ0v) is 17.8. The highest BCUT2D eigenvalue weighted by Crippen LogP contribution is 2.48. The first kappa shape index (κ1) is 21.3. The Balaban J connectivity index is 1.64. The predicted octanol–water partition coefficient (Wildman–Crippen LogP) is 2.27. The van der Waals surface area contributed by atoms with E-state index in [4.69, 9.17) is 4.74 Å². The molecule has 4 rings (SSSR count). The minimum Gasteiger partial charge on any atom is -0.457 e. The van der Waals surface area contributed by atoms with Crippen molar-refractivity contribution in [1.82, 2.24) is 19.7 Å².